The topological polar surface area (TPSA) is 150 Å². The Morgan fingerprint density at radius 1 is 1.37 bits per heavy atom. The lowest BCUT2D eigenvalue weighted by atomic mass is 9.88. The average molecular weight is 405 g/mol. The van der Waals surface area contributed by atoms with Gasteiger partial charge in [0.05, 0.1) is 29.8 Å². The van der Waals surface area contributed by atoms with Crippen LogP contribution in [0.5, 0.6) is 5.75 Å². The van der Waals surface area contributed by atoms with Crippen molar-refractivity contribution in [3.8, 4) is 11.8 Å². The molecule has 0 fully saturated rings. The maximum atomic E-state index is 13.4. The van der Waals surface area contributed by atoms with Crippen LogP contribution in [-0.4, -0.2) is 14.5 Å². The largest absolute Gasteiger partial charge is 0.440 e. The Hall–Kier alpha value is -4.39. The third-order valence-corrected chi connectivity index (χ3v) is 4.81. The van der Waals surface area contributed by atoms with E-state index in [1.807, 2.05) is 12.1 Å². The van der Waals surface area contributed by atoms with E-state index in [9.17, 15) is 20.2 Å². The molecule has 150 valence electrons. The van der Waals surface area contributed by atoms with Gasteiger partial charge in [0.2, 0.25) is 5.88 Å². The fourth-order valence-corrected chi connectivity index (χ4v) is 3.42. The first-order valence-corrected chi connectivity index (χ1v) is 8.86. The normalized spacial score (nSPS) is 15.3. The van der Waals surface area contributed by atoms with E-state index in [2.05, 4.69) is 4.98 Å². The molecule has 1 unspecified atom stereocenters. The highest BCUT2D eigenvalue weighted by atomic mass is 16.6. The summed E-state index contributed by atoms with van der Waals surface area (Å²) in [6, 6.07) is 11.4. The lowest BCUT2D eigenvalue weighted by Gasteiger charge is -2.25. The number of furan rings is 1. The van der Waals surface area contributed by atoms with E-state index in [1.165, 1.54) is 10.6 Å². The molecule has 1 atom stereocenters. The number of hydrogen-bond acceptors (Lipinski definition) is 8. The minimum Gasteiger partial charge on any atom is -0.440 e. The molecule has 1 aliphatic heterocycles. The van der Waals surface area contributed by atoms with E-state index in [4.69, 9.17) is 14.9 Å². The zero-order valence-corrected chi connectivity index (χ0v) is 15.7. The number of aromatic nitrogens is 2. The number of ether oxygens (including phenoxy) is 1. The van der Waals surface area contributed by atoms with Gasteiger partial charge in [0, 0.05) is 18.0 Å². The summed E-state index contributed by atoms with van der Waals surface area (Å²) >= 11 is 0. The van der Waals surface area contributed by atoms with E-state index in [0.717, 1.165) is 6.07 Å². The molecule has 30 heavy (non-hydrogen) atoms. The molecule has 0 saturated carbocycles. The number of nitrogens with two attached hydrogens (primary N) is 1. The number of allylic oxidation sites excluding steroid dienone is 1. The highest BCUT2D eigenvalue weighted by molar-refractivity contribution is 5.54. The van der Waals surface area contributed by atoms with Gasteiger partial charge < -0.3 is 19.5 Å². The van der Waals surface area contributed by atoms with E-state index in [1.54, 1.807) is 31.3 Å². The zero-order valence-electron chi connectivity index (χ0n) is 15.7. The third-order valence-electron chi connectivity index (χ3n) is 4.81. The van der Waals surface area contributed by atoms with Crippen molar-refractivity contribution >= 4 is 5.88 Å². The van der Waals surface area contributed by atoms with Crippen LogP contribution in [0.25, 0.3) is 0 Å². The molecule has 4 rings (SSSR count). The van der Waals surface area contributed by atoms with E-state index >= 15 is 0 Å². The lowest BCUT2D eigenvalue weighted by molar-refractivity contribution is -0.402. The first-order valence-electron chi connectivity index (χ1n) is 8.86. The summed E-state index contributed by atoms with van der Waals surface area (Å²) < 4.78 is 12.3. The van der Waals surface area contributed by atoms with Gasteiger partial charge in [-0.1, -0.05) is 6.07 Å². The van der Waals surface area contributed by atoms with Crippen LogP contribution in [0.1, 0.15) is 28.6 Å². The minimum atomic E-state index is -1.03. The van der Waals surface area contributed by atoms with Crippen LogP contribution in [-0.2, 0) is 6.54 Å². The molecule has 0 aromatic carbocycles. The number of fused-ring (bicyclic) bond motifs is 1. The van der Waals surface area contributed by atoms with Crippen molar-refractivity contribution in [2.75, 3.05) is 0 Å². The molecular weight excluding hydrogens is 390 g/mol. The van der Waals surface area contributed by atoms with Gasteiger partial charge in [-0.15, -0.1) is 0 Å². The van der Waals surface area contributed by atoms with Crippen molar-refractivity contribution in [3.63, 3.8) is 0 Å². The molecule has 1 aliphatic rings. The Balaban J connectivity index is 1.92. The van der Waals surface area contributed by atoms with Crippen molar-refractivity contribution in [1.29, 1.82) is 5.26 Å². The first-order chi connectivity index (χ1) is 14.4. The van der Waals surface area contributed by atoms with Gasteiger partial charge in [-0.05, 0) is 25.1 Å². The first kappa shape index (κ1) is 18.9. The van der Waals surface area contributed by atoms with Crippen LogP contribution in [0, 0.1) is 28.4 Å². The molecule has 0 spiro atoms. The standard InChI is InChI=1S/C20H15N5O5/c1-11-8-15-18(20(26)24(11)10-12-4-2-3-7-23-12)17(13(9-21)19(22)30-15)14-5-6-16(29-14)25(27)28/h2-8,17H,10,22H2,1H3. The van der Waals surface area contributed by atoms with Gasteiger partial charge in [0.25, 0.3) is 5.56 Å². The van der Waals surface area contributed by atoms with Crippen molar-refractivity contribution in [2.24, 2.45) is 5.73 Å². The van der Waals surface area contributed by atoms with Crippen LogP contribution >= 0.6 is 0 Å². The fraction of sp³-hybridized carbons (Fsp3) is 0.150. The van der Waals surface area contributed by atoms with Crippen LogP contribution in [0.3, 0.4) is 0 Å². The predicted octanol–water partition coefficient (Wildman–Crippen LogP) is 2.32. The highest BCUT2D eigenvalue weighted by Gasteiger charge is 2.37. The molecule has 0 amide bonds. The smallest absolute Gasteiger partial charge is 0.433 e. The SMILES string of the molecule is Cc1cc2c(c(=O)n1Cc1ccccn1)C(c1ccc([N+](=O)[O-])o1)C(C#N)=C(N)O2. The monoisotopic (exact) mass is 405 g/mol. The number of pyridine rings is 2. The predicted molar refractivity (Wildman–Crippen MR) is 103 cm³/mol. The molecule has 0 radical (unpaired) electrons. The molecule has 3 aromatic rings. The van der Waals surface area contributed by atoms with Crippen molar-refractivity contribution in [3.05, 3.63) is 97.2 Å². The molecular formula is C20H15N5O5. The summed E-state index contributed by atoms with van der Waals surface area (Å²) in [7, 11) is 0. The highest BCUT2D eigenvalue weighted by Crippen LogP contribution is 2.41. The summed E-state index contributed by atoms with van der Waals surface area (Å²) in [6.07, 6.45) is 1.62. The molecule has 2 N–H and O–H groups in total. The Morgan fingerprint density at radius 3 is 2.80 bits per heavy atom. The average Bonchev–Trinajstić information content (AvgIpc) is 3.21. The number of nitrogens with zero attached hydrogens (tertiary/aromatic N) is 4. The molecule has 10 heteroatoms. The minimum absolute atomic E-state index is 0.0519. The van der Waals surface area contributed by atoms with Crippen LogP contribution in [0.15, 0.2) is 63.3 Å². The second-order valence-electron chi connectivity index (χ2n) is 6.63. The summed E-state index contributed by atoms with van der Waals surface area (Å²) in [5.74, 6) is -1.49. The number of aryl methyl sites for hydroxylation is 1. The Labute approximate surface area is 169 Å². The second-order valence-corrected chi connectivity index (χ2v) is 6.63. The fourth-order valence-electron chi connectivity index (χ4n) is 3.42. The zero-order chi connectivity index (χ0) is 21.4. The van der Waals surface area contributed by atoms with Crippen molar-refractivity contribution in [1.82, 2.24) is 9.55 Å². The van der Waals surface area contributed by atoms with Crippen molar-refractivity contribution < 1.29 is 14.1 Å². The summed E-state index contributed by atoms with van der Waals surface area (Å²) in [6.45, 7) is 1.94. The van der Waals surface area contributed by atoms with Gasteiger partial charge in [0.15, 0.2) is 0 Å². The molecule has 10 nitrogen and oxygen atoms in total. The molecule has 3 aromatic heterocycles. The van der Waals surface area contributed by atoms with Crippen LogP contribution in [0.2, 0.25) is 0 Å². The van der Waals surface area contributed by atoms with Gasteiger partial charge in [0.1, 0.15) is 28.1 Å². The molecule has 0 saturated heterocycles. The molecule has 4 heterocycles. The number of rotatable bonds is 4. The van der Waals surface area contributed by atoms with Gasteiger partial charge in [-0.2, -0.15) is 5.26 Å². The van der Waals surface area contributed by atoms with Crippen LogP contribution in [0.4, 0.5) is 5.88 Å². The Kier molecular flexibility index (Phi) is 4.56. The second kappa shape index (κ2) is 7.21. The van der Waals surface area contributed by atoms with E-state index < -0.39 is 22.3 Å². The molecule has 0 bridgehead atoms. The van der Waals surface area contributed by atoms with E-state index in [0.29, 0.717) is 11.4 Å². The number of nitro groups is 1. The summed E-state index contributed by atoms with van der Waals surface area (Å²) in [4.78, 5) is 28.0. The van der Waals surface area contributed by atoms with Gasteiger partial charge >= 0.3 is 5.88 Å². The number of nitriles is 1. The Bertz CT molecular complexity index is 1280. The summed E-state index contributed by atoms with van der Waals surface area (Å²) in [5, 5.41) is 20.7. The van der Waals surface area contributed by atoms with Gasteiger partial charge in [-0.3, -0.25) is 19.9 Å². The number of hydrogen-bond donors (Lipinski definition) is 1. The van der Waals surface area contributed by atoms with Gasteiger partial charge in [-0.25, -0.2) is 0 Å². The summed E-state index contributed by atoms with van der Waals surface area (Å²) in [5.41, 5.74) is 6.79. The lowest BCUT2D eigenvalue weighted by Crippen LogP contribution is -2.33. The maximum Gasteiger partial charge on any atom is 0.433 e. The van der Waals surface area contributed by atoms with Crippen LogP contribution < -0.4 is 16.0 Å². The maximum absolute atomic E-state index is 13.4. The third kappa shape index (κ3) is 3.08. The van der Waals surface area contributed by atoms with E-state index in [-0.39, 0.29) is 35.1 Å². The van der Waals surface area contributed by atoms with Crippen molar-refractivity contribution in [2.45, 2.75) is 19.4 Å². The quantitative estimate of drug-likeness (QED) is 0.513. The molecule has 0 aliphatic carbocycles. The Morgan fingerprint density at radius 2 is 2.17 bits per heavy atom.